The first kappa shape index (κ1) is 26.1. The molecule has 0 saturated carbocycles. The third-order valence-corrected chi connectivity index (χ3v) is 6.01. The molecule has 0 atom stereocenters. The third kappa shape index (κ3) is 7.52. The summed E-state index contributed by atoms with van der Waals surface area (Å²) in [4.78, 5) is 8.61. The van der Waals surface area contributed by atoms with E-state index in [-0.39, 0.29) is 35.6 Å². The highest BCUT2D eigenvalue weighted by Crippen LogP contribution is 2.26. The number of hydrogen-bond acceptors (Lipinski definition) is 9. The van der Waals surface area contributed by atoms with Crippen molar-refractivity contribution in [3.8, 4) is 34.6 Å². The lowest BCUT2D eigenvalue weighted by Crippen LogP contribution is -2.16. The molecule has 0 aliphatic heterocycles. The number of rotatable bonds is 10. The molecule has 37 heavy (non-hydrogen) atoms. The maximum absolute atomic E-state index is 12.3. The van der Waals surface area contributed by atoms with Gasteiger partial charge in [0, 0.05) is 11.8 Å². The van der Waals surface area contributed by atoms with Crippen LogP contribution in [0, 0.1) is 6.92 Å². The van der Waals surface area contributed by atoms with Gasteiger partial charge in [-0.05, 0) is 55.3 Å². The molecule has 14 heteroatoms. The Balaban J connectivity index is 1.42. The Labute approximate surface area is 210 Å². The van der Waals surface area contributed by atoms with Crippen LogP contribution in [0.4, 0.5) is 13.2 Å². The van der Waals surface area contributed by atoms with Crippen LogP contribution in [0.25, 0.3) is 23.1 Å². The Hall–Kier alpha value is -3.94. The van der Waals surface area contributed by atoms with Gasteiger partial charge in [0.2, 0.25) is 11.6 Å². The maximum atomic E-state index is 12.3. The lowest BCUT2D eigenvalue weighted by Gasteiger charge is -2.08. The highest BCUT2D eigenvalue weighted by molar-refractivity contribution is 7.90. The van der Waals surface area contributed by atoms with E-state index in [2.05, 4.69) is 25.0 Å². The van der Waals surface area contributed by atoms with E-state index in [9.17, 15) is 21.6 Å². The zero-order valence-electron chi connectivity index (χ0n) is 19.8. The lowest BCUT2D eigenvalue weighted by atomic mass is 10.2. The summed E-state index contributed by atoms with van der Waals surface area (Å²) in [6.45, 7) is 2.42. The molecule has 0 spiro atoms. The molecule has 0 amide bonds. The second-order valence-corrected chi connectivity index (χ2v) is 10.4. The number of hydrogen-bond donors (Lipinski definition) is 0. The first-order valence-corrected chi connectivity index (χ1v) is 13.0. The number of nitrogens with zero attached hydrogens (tertiary/aromatic N) is 5. The molecular formula is C23H22F3N5O5S. The van der Waals surface area contributed by atoms with Crippen LogP contribution in [-0.2, 0) is 16.4 Å². The summed E-state index contributed by atoms with van der Waals surface area (Å²) in [5, 5.41) is 8.29. The monoisotopic (exact) mass is 537 g/mol. The Morgan fingerprint density at radius 1 is 1.03 bits per heavy atom. The van der Waals surface area contributed by atoms with Crippen molar-refractivity contribution in [3.63, 3.8) is 0 Å². The van der Waals surface area contributed by atoms with Gasteiger partial charge in [-0.2, -0.15) is 4.98 Å². The first-order valence-electron chi connectivity index (χ1n) is 11.0. The second kappa shape index (κ2) is 10.6. The van der Waals surface area contributed by atoms with Gasteiger partial charge in [0.1, 0.15) is 27.2 Å². The van der Waals surface area contributed by atoms with Crippen molar-refractivity contribution >= 4 is 9.84 Å². The molecule has 0 bridgehead atoms. The number of aryl methyl sites for hydroxylation is 1. The number of sulfone groups is 1. The molecular weight excluding hydrogens is 515 g/mol. The van der Waals surface area contributed by atoms with Crippen LogP contribution in [0.15, 0.2) is 53.1 Å². The molecule has 0 unspecified atom stereocenters. The Kier molecular flexibility index (Phi) is 7.47. The number of benzene rings is 2. The fraction of sp³-hybridized carbons (Fsp3) is 0.304. The quantitative estimate of drug-likeness (QED) is 0.276. The van der Waals surface area contributed by atoms with Crippen molar-refractivity contribution in [2.75, 3.05) is 18.6 Å². The molecule has 0 radical (unpaired) electrons. The topological polar surface area (TPSA) is 122 Å². The molecule has 0 saturated heterocycles. The summed E-state index contributed by atoms with van der Waals surface area (Å²) in [6, 6.07) is 12.4. The van der Waals surface area contributed by atoms with Gasteiger partial charge in [-0.25, -0.2) is 18.1 Å². The van der Waals surface area contributed by atoms with E-state index < -0.39 is 16.2 Å². The van der Waals surface area contributed by atoms with Gasteiger partial charge in [0.05, 0.1) is 18.9 Å². The fourth-order valence-corrected chi connectivity index (χ4v) is 3.96. The molecule has 2 aromatic carbocycles. The fourth-order valence-electron chi connectivity index (χ4n) is 3.32. The number of ether oxygens (including phenoxy) is 2. The predicted molar refractivity (Wildman–Crippen MR) is 126 cm³/mol. The van der Waals surface area contributed by atoms with Crippen LogP contribution in [-0.4, -0.2) is 58.3 Å². The van der Waals surface area contributed by atoms with Crippen LogP contribution in [0.3, 0.4) is 0 Å². The smallest absolute Gasteiger partial charge is 0.494 e. The summed E-state index contributed by atoms with van der Waals surface area (Å²) in [6.07, 6.45) is -3.20. The van der Waals surface area contributed by atoms with Gasteiger partial charge in [0.25, 0.3) is 5.89 Å². The standard InChI is InChI=1S/C23H22F3N5O5S/c1-15-27-21(22-28-20(30-36-22)17-7-9-18(10-8-17)35-23(24,25)26)29-31(15)14-16-5-3-6-19(13-16)34-11-4-12-37(2,32)33/h3,5-10,13H,4,11-12,14H2,1-2H3. The van der Waals surface area contributed by atoms with E-state index in [1.807, 2.05) is 18.2 Å². The van der Waals surface area contributed by atoms with Crippen LogP contribution in [0.1, 0.15) is 17.8 Å². The van der Waals surface area contributed by atoms with E-state index in [0.717, 1.165) is 17.7 Å². The van der Waals surface area contributed by atoms with E-state index in [4.69, 9.17) is 9.26 Å². The van der Waals surface area contributed by atoms with Crippen molar-refractivity contribution < 1.29 is 35.6 Å². The molecule has 4 rings (SSSR count). The number of alkyl halides is 3. The van der Waals surface area contributed by atoms with E-state index in [1.54, 1.807) is 17.7 Å². The minimum Gasteiger partial charge on any atom is -0.494 e. The average molecular weight is 538 g/mol. The zero-order chi connectivity index (χ0) is 26.6. The van der Waals surface area contributed by atoms with Crippen LogP contribution >= 0.6 is 0 Å². The van der Waals surface area contributed by atoms with Gasteiger partial charge in [-0.15, -0.1) is 18.3 Å². The van der Waals surface area contributed by atoms with Crippen molar-refractivity contribution in [1.82, 2.24) is 24.9 Å². The van der Waals surface area contributed by atoms with Gasteiger partial charge in [-0.3, -0.25) is 0 Å². The Morgan fingerprint density at radius 2 is 1.78 bits per heavy atom. The summed E-state index contributed by atoms with van der Waals surface area (Å²) < 4.78 is 75.9. The number of halogens is 3. The van der Waals surface area contributed by atoms with Crippen molar-refractivity contribution in [2.45, 2.75) is 26.3 Å². The minimum absolute atomic E-state index is 0.0513. The van der Waals surface area contributed by atoms with Crippen LogP contribution < -0.4 is 9.47 Å². The molecule has 0 fully saturated rings. The van der Waals surface area contributed by atoms with Gasteiger partial charge in [-0.1, -0.05) is 17.3 Å². The molecule has 4 aromatic rings. The predicted octanol–water partition coefficient (Wildman–Crippen LogP) is 4.06. The zero-order valence-corrected chi connectivity index (χ0v) is 20.6. The maximum Gasteiger partial charge on any atom is 0.573 e. The Morgan fingerprint density at radius 3 is 2.49 bits per heavy atom. The minimum atomic E-state index is -4.78. The van der Waals surface area contributed by atoms with Crippen LogP contribution in [0.5, 0.6) is 11.5 Å². The molecule has 2 aromatic heterocycles. The Bertz CT molecular complexity index is 1470. The number of aromatic nitrogens is 5. The first-order chi connectivity index (χ1) is 17.4. The highest BCUT2D eigenvalue weighted by Gasteiger charge is 2.31. The van der Waals surface area contributed by atoms with Crippen molar-refractivity contribution in [2.24, 2.45) is 0 Å². The molecule has 2 heterocycles. The van der Waals surface area contributed by atoms with Crippen molar-refractivity contribution in [1.29, 1.82) is 0 Å². The third-order valence-electron chi connectivity index (χ3n) is 4.98. The molecule has 0 N–H and O–H groups in total. The van der Waals surface area contributed by atoms with E-state index in [1.165, 1.54) is 18.4 Å². The molecule has 0 aliphatic rings. The lowest BCUT2D eigenvalue weighted by molar-refractivity contribution is -0.274. The molecule has 0 aliphatic carbocycles. The largest absolute Gasteiger partial charge is 0.573 e. The van der Waals surface area contributed by atoms with E-state index >= 15 is 0 Å². The SMILES string of the molecule is Cc1nc(-c2nc(-c3ccc(OC(F)(F)F)cc3)no2)nn1Cc1cccc(OCCCS(C)(=O)=O)c1. The highest BCUT2D eigenvalue weighted by atomic mass is 32.2. The molecule has 10 nitrogen and oxygen atoms in total. The van der Waals surface area contributed by atoms with Crippen LogP contribution in [0.2, 0.25) is 0 Å². The van der Waals surface area contributed by atoms with E-state index in [0.29, 0.717) is 30.1 Å². The summed E-state index contributed by atoms with van der Waals surface area (Å²) in [5.74, 6) is 1.29. The van der Waals surface area contributed by atoms with Gasteiger partial charge in [0.15, 0.2) is 0 Å². The normalized spacial score (nSPS) is 12.0. The summed E-state index contributed by atoms with van der Waals surface area (Å²) in [7, 11) is -3.03. The van der Waals surface area contributed by atoms with Gasteiger partial charge < -0.3 is 14.0 Å². The summed E-state index contributed by atoms with van der Waals surface area (Å²) in [5.41, 5.74) is 1.31. The van der Waals surface area contributed by atoms with Gasteiger partial charge >= 0.3 is 6.36 Å². The molecule has 196 valence electrons. The van der Waals surface area contributed by atoms with Crippen molar-refractivity contribution in [3.05, 3.63) is 59.9 Å². The second-order valence-electron chi connectivity index (χ2n) is 8.11. The average Bonchev–Trinajstić information content (AvgIpc) is 3.43. The summed E-state index contributed by atoms with van der Waals surface area (Å²) >= 11 is 0.